The summed E-state index contributed by atoms with van der Waals surface area (Å²) in [7, 11) is 3.16. The molecule has 2 aromatic rings. The molecule has 2 aromatic heterocycles. The number of anilines is 1. The Bertz CT molecular complexity index is 1250. The summed E-state index contributed by atoms with van der Waals surface area (Å²) in [5, 5.41) is 4.76. The van der Waals surface area contributed by atoms with Gasteiger partial charge in [-0.25, -0.2) is 13.8 Å². The van der Waals surface area contributed by atoms with E-state index in [4.69, 9.17) is 9.47 Å². The molecule has 1 saturated carbocycles. The van der Waals surface area contributed by atoms with E-state index in [1.165, 1.54) is 31.3 Å². The second-order valence-corrected chi connectivity index (χ2v) is 9.34. The minimum Gasteiger partial charge on any atom is -0.494 e. The SMILES string of the molecule is CN/N=C(\C#CC1CC1)SNc1cnc(C#CC2(C)CCCO2)cc1-c1cc(C(F)F)ncc1OC. The van der Waals surface area contributed by atoms with Gasteiger partial charge in [0.1, 0.15) is 22.7 Å². The Morgan fingerprint density at radius 1 is 1.28 bits per heavy atom. The second-order valence-electron chi connectivity index (χ2n) is 8.55. The molecule has 1 saturated heterocycles. The van der Waals surface area contributed by atoms with E-state index in [0.29, 0.717) is 45.8 Å². The van der Waals surface area contributed by atoms with Crippen molar-refractivity contribution in [3.63, 3.8) is 0 Å². The molecule has 4 rings (SSSR count). The van der Waals surface area contributed by atoms with Crippen LogP contribution in [0.1, 0.15) is 50.4 Å². The molecule has 188 valence electrons. The van der Waals surface area contributed by atoms with Crippen molar-refractivity contribution in [2.24, 2.45) is 11.0 Å². The number of nitrogens with zero attached hydrogens (tertiary/aromatic N) is 3. The maximum Gasteiger partial charge on any atom is 0.280 e. The summed E-state index contributed by atoms with van der Waals surface area (Å²) in [6, 6.07) is 3.06. The summed E-state index contributed by atoms with van der Waals surface area (Å²) < 4.78 is 41.4. The molecule has 1 unspecified atom stereocenters. The number of methoxy groups -OCH3 is 1. The van der Waals surface area contributed by atoms with E-state index >= 15 is 0 Å². The molecular weight excluding hydrogens is 484 g/mol. The lowest BCUT2D eigenvalue weighted by atomic mass is 10.0. The molecule has 3 heterocycles. The molecule has 0 radical (unpaired) electrons. The van der Waals surface area contributed by atoms with Crippen molar-refractivity contribution in [2.45, 2.75) is 44.6 Å². The molecule has 0 aromatic carbocycles. The zero-order valence-electron chi connectivity index (χ0n) is 20.3. The van der Waals surface area contributed by atoms with Crippen LogP contribution in [-0.2, 0) is 4.74 Å². The van der Waals surface area contributed by atoms with Gasteiger partial charge in [-0.1, -0.05) is 11.8 Å². The predicted octanol–water partition coefficient (Wildman–Crippen LogP) is 5.02. The minimum absolute atomic E-state index is 0.348. The van der Waals surface area contributed by atoms with Gasteiger partial charge < -0.3 is 19.6 Å². The first-order valence-corrected chi connectivity index (χ1v) is 12.4. The summed E-state index contributed by atoms with van der Waals surface area (Å²) in [4.78, 5) is 8.30. The van der Waals surface area contributed by atoms with E-state index in [1.807, 2.05) is 6.92 Å². The van der Waals surface area contributed by atoms with Gasteiger partial charge in [0, 0.05) is 42.6 Å². The number of rotatable bonds is 6. The smallest absolute Gasteiger partial charge is 0.280 e. The summed E-state index contributed by atoms with van der Waals surface area (Å²) in [5.41, 5.74) is 3.95. The van der Waals surface area contributed by atoms with Gasteiger partial charge in [-0.05, 0) is 56.6 Å². The van der Waals surface area contributed by atoms with E-state index < -0.39 is 12.0 Å². The summed E-state index contributed by atoms with van der Waals surface area (Å²) in [6.07, 6.45) is 4.18. The van der Waals surface area contributed by atoms with Crippen molar-refractivity contribution < 1.29 is 18.3 Å². The van der Waals surface area contributed by atoms with Gasteiger partial charge in [-0.3, -0.25) is 4.98 Å². The molecule has 0 bridgehead atoms. The standard InChI is InChI=1S/C26H27F2N5O2S/c1-26(10-4-12-35-26)11-9-18-13-19(20-14-21(25(27)28)31-16-23(20)34-3)22(15-30-18)33-36-24(32-29-2)8-7-17-5-6-17/h13-17,25,29,33H,4-6,10,12H2,1-3H3/b32-24+. The van der Waals surface area contributed by atoms with Crippen LogP contribution in [0.25, 0.3) is 11.1 Å². The van der Waals surface area contributed by atoms with Gasteiger partial charge in [0.05, 0.1) is 25.2 Å². The normalized spacial score (nSPS) is 19.2. The molecule has 7 nitrogen and oxygen atoms in total. The summed E-state index contributed by atoms with van der Waals surface area (Å²) in [5.74, 6) is 13.3. The van der Waals surface area contributed by atoms with Crippen molar-refractivity contribution in [2.75, 3.05) is 25.5 Å². The largest absolute Gasteiger partial charge is 0.494 e. The summed E-state index contributed by atoms with van der Waals surface area (Å²) in [6.45, 7) is 2.63. The van der Waals surface area contributed by atoms with Crippen molar-refractivity contribution in [1.29, 1.82) is 0 Å². The van der Waals surface area contributed by atoms with Crippen LogP contribution in [0, 0.1) is 29.6 Å². The number of aromatic nitrogens is 2. The number of nitrogens with one attached hydrogen (secondary N) is 2. The lowest BCUT2D eigenvalue weighted by Gasteiger charge is -2.16. The third-order valence-electron chi connectivity index (χ3n) is 5.63. The minimum atomic E-state index is -2.73. The first kappa shape index (κ1) is 25.7. The topological polar surface area (TPSA) is 80.7 Å². The Morgan fingerprint density at radius 2 is 2.11 bits per heavy atom. The highest BCUT2D eigenvalue weighted by Gasteiger charge is 2.27. The van der Waals surface area contributed by atoms with Gasteiger partial charge >= 0.3 is 0 Å². The number of pyridine rings is 2. The van der Waals surface area contributed by atoms with Crippen LogP contribution in [0.15, 0.2) is 29.6 Å². The molecule has 2 N–H and O–H groups in total. The lowest BCUT2D eigenvalue weighted by molar-refractivity contribution is 0.0695. The maximum atomic E-state index is 13.5. The molecule has 10 heteroatoms. The van der Waals surface area contributed by atoms with E-state index in [9.17, 15) is 8.78 Å². The molecule has 2 aliphatic rings. The van der Waals surface area contributed by atoms with Crippen molar-refractivity contribution in [3.8, 4) is 40.6 Å². The monoisotopic (exact) mass is 511 g/mol. The highest BCUT2D eigenvalue weighted by Crippen LogP contribution is 2.38. The number of ether oxygens (including phenoxy) is 2. The molecule has 1 aliphatic carbocycles. The van der Waals surface area contributed by atoms with Crippen LogP contribution in [0.3, 0.4) is 0 Å². The van der Waals surface area contributed by atoms with Crippen LogP contribution in [-0.4, -0.2) is 41.4 Å². The van der Waals surface area contributed by atoms with Crippen molar-refractivity contribution in [1.82, 2.24) is 15.4 Å². The molecule has 36 heavy (non-hydrogen) atoms. The molecule has 0 spiro atoms. The fraction of sp³-hybridized carbons (Fsp3) is 0.423. The average Bonchev–Trinajstić information content (AvgIpc) is 3.62. The van der Waals surface area contributed by atoms with Gasteiger partial charge in [-0.2, -0.15) is 5.10 Å². The number of hydrogen-bond donors (Lipinski definition) is 2. The first-order valence-electron chi connectivity index (χ1n) is 11.6. The van der Waals surface area contributed by atoms with E-state index in [0.717, 1.165) is 25.7 Å². The van der Waals surface area contributed by atoms with Gasteiger partial charge in [0.15, 0.2) is 5.04 Å². The quantitative estimate of drug-likeness (QED) is 0.185. The average molecular weight is 512 g/mol. The maximum absolute atomic E-state index is 13.5. The Hall–Kier alpha value is -3.34. The first-order chi connectivity index (χ1) is 17.4. The molecular formula is C26H27F2N5O2S. The Labute approximate surface area is 214 Å². The molecule has 1 atom stereocenters. The fourth-order valence-electron chi connectivity index (χ4n) is 3.53. The number of hydrazone groups is 1. The Balaban J connectivity index is 1.72. The summed E-state index contributed by atoms with van der Waals surface area (Å²) >= 11 is 1.20. The van der Waals surface area contributed by atoms with Crippen molar-refractivity contribution >= 4 is 22.7 Å². The Kier molecular flexibility index (Phi) is 8.29. The van der Waals surface area contributed by atoms with Crippen LogP contribution >= 0.6 is 11.9 Å². The molecule has 2 fully saturated rings. The predicted molar refractivity (Wildman–Crippen MR) is 138 cm³/mol. The number of halogens is 2. The highest BCUT2D eigenvalue weighted by molar-refractivity contribution is 8.15. The van der Waals surface area contributed by atoms with Crippen LogP contribution in [0.4, 0.5) is 14.5 Å². The van der Waals surface area contributed by atoms with Gasteiger partial charge in [0.2, 0.25) is 0 Å². The zero-order chi connectivity index (χ0) is 25.5. The van der Waals surface area contributed by atoms with Crippen LogP contribution in [0.5, 0.6) is 5.75 Å². The van der Waals surface area contributed by atoms with Crippen molar-refractivity contribution in [3.05, 3.63) is 35.9 Å². The second kappa shape index (κ2) is 11.6. The lowest BCUT2D eigenvalue weighted by Crippen LogP contribution is -2.19. The van der Waals surface area contributed by atoms with Crippen LogP contribution in [0.2, 0.25) is 0 Å². The fourth-order valence-corrected chi connectivity index (χ4v) is 4.14. The Morgan fingerprint density at radius 3 is 2.78 bits per heavy atom. The van der Waals surface area contributed by atoms with E-state index in [-0.39, 0.29) is 5.69 Å². The third kappa shape index (κ3) is 6.66. The zero-order valence-corrected chi connectivity index (χ0v) is 21.1. The molecule has 1 aliphatic heterocycles. The third-order valence-corrected chi connectivity index (χ3v) is 6.34. The number of hydrogen-bond acceptors (Lipinski definition) is 8. The molecule has 0 amide bonds. The van der Waals surface area contributed by atoms with Crippen LogP contribution < -0.4 is 14.9 Å². The van der Waals surface area contributed by atoms with E-state index in [2.05, 4.69) is 48.9 Å². The highest BCUT2D eigenvalue weighted by atomic mass is 32.2. The number of alkyl halides is 2. The van der Waals surface area contributed by atoms with E-state index in [1.54, 1.807) is 19.3 Å². The van der Waals surface area contributed by atoms with Gasteiger partial charge in [0.25, 0.3) is 6.43 Å². The van der Waals surface area contributed by atoms with Gasteiger partial charge in [-0.15, -0.1) is 0 Å².